The van der Waals surface area contributed by atoms with Gasteiger partial charge in [0.25, 0.3) is 0 Å². The predicted molar refractivity (Wildman–Crippen MR) is 96.9 cm³/mol. The Kier molecular flexibility index (Phi) is 4.28. The van der Waals surface area contributed by atoms with Crippen LogP contribution in [0.4, 0.5) is 0 Å². The second-order valence-corrected chi connectivity index (χ2v) is 9.11. The monoisotopic (exact) mass is 356 g/mol. The van der Waals surface area contributed by atoms with E-state index < -0.39 is 0 Å². The van der Waals surface area contributed by atoms with E-state index in [9.17, 15) is 10.1 Å². The molecule has 0 atom stereocenters. The van der Waals surface area contributed by atoms with E-state index in [0.29, 0.717) is 17.0 Å². The highest BCUT2D eigenvalue weighted by Gasteiger charge is 2.51. The molecular weight excluding hydrogens is 332 g/mol. The maximum absolute atomic E-state index is 12.4. The first kappa shape index (κ1) is 16.6. The van der Waals surface area contributed by atoms with Crippen LogP contribution in [0.3, 0.4) is 0 Å². The summed E-state index contributed by atoms with van der Waals surface area (Å²) in [6.07, 6.45) is 9.99. The lowest BCUT2D eigenvalue weighted by Gasteiger charge is -2.56. The van der Waals surface area contributed by atoms with Crippen LogP contribution in [0.25, 0.3) is 5.57 Å². The minimum atomic E-state index is 0.0332. The van der Waals surface area contributed by atoms with Crippen LogP contribution in [0.15, 0.2) is 11.6 Å². The van der Waals surface area contributed by atoms with Crippen LogP contribution in [0, 0.1) is 41.4 Å². The van der Waals surface area contributed by atoms with E-state index in [1.54, 1.807) is 0 Å². The lowest BCUT2D eigenvalue weighted by Crippen LogP contribution is -2.48. The number of hydrogen-bond donors (Lipinski definition) is 2. The first-order chi connectivity index (χ1) is 12.0. The van der Waals surface area contributed by atoms with E-state index in [-0.39, 0.29) is 11.3 Å². The first-order valence-electron chi connectivity index (χ1n) is 9.12. The molecule has 25 heavy (non-hydrogen) atoms. The SMILES string of the molecule is Cc1csc(/C(C#N)=C/NNC(=O)CC23CC4CC(CC(C4)C2)C3)n1. The molecule has 5 rings (SSSR count). The van der Waals surface area contributed by atoms with E-state index in [4.69, 9.17) is 0 Å². The number of carbonyl (C=O) groups excluding carboxylic acids is 1. The van der Waals surface area contributed by atoms with Crippen LogP contribution in [-0.4, -0.2) is 10.9 Å². The molecule has 2 N–H and O–H groups in total. The van der Waals surface area contributed by atoms with Gasteiger partial charge in [-0.25, -0.2) is 4.98 Å². The van der Waals surface area contributed by atoms with Crippen LogP contribution < -0.4 is 10.9 Å². The molecule has 132 valence electrons. The minimum Gasteiger partial charge on any atom is -0.304 e. The zero-order valence-electron chi connectivity index (χ0n) is 14.5. The van der Waals surface area contributed by atoms with E-state index in [0.717, 1.165) is 23.4 Å². The molecule has 4 aliphatic rings. The summed E-state index contributed by atoms with van der Waals surface area (Å²) in [5.41, 5.74) is 7.13. The van der Waals surface area contributed by atoms with Crippen molar-refractivity contribution in [1.29, 1.82) is 5.26 Å². The maximum atomic E-state index is 12.4. The highest BCUT2D eigenvalue weighted by Crippen LogP contribution is 2.61. The summed E-state index contributed by atoms with van der Waals surface area (Å²) in [6.45, 7) is 1.90. The first-order valence-corrected chi connectivity index (χ1v) is 10.0. The number of rotatable bonds is 5. The van der Waals surface area contributed by atoms with Crippen molar-refractivity contribution in [1.82, 2.24) is 15.8 Å². The number of nitrogens with zero attached hydrogens (tertiary/aromatic N) is 2. The smallest absolute Gasteiger partial charge is 0.238 e. The molecule has 1 aromatic rings. The Hall–Kier alpha value is -1.87. The number of hydrogen-bond acceptors (Lipinski definition) is 5. The van der Waals surface area contributed by atoms with Crippen molar-refractivity contribution >= 4 is 22.8 Å². The standard InChI is InChI=1S/C19H24N4OS/c1-12-11-25-18(22-12)16(9-20)10-21-23-17(24)8-19-5-13-2-14(6-19)4-15(3-13)7-19/h10-11,13-15,21H,2-8H2,1H3,(H,23,24)/b16-10+. The van der Waals surface area contributed by atoms with Gasteiger partial charge in [-0.1, -0.05) is 0 Å². The van der Waals surface area contributed by atoms with E-state index in [1.165, 1.54) is 56.1 Å². The van der Waals surface area contributed by atoms with E-state index in [2.05, 4.69) is 21.9 Å². The van der Waals surface area contributed by atoms with Crippen molar-refractivity contribution in [3.05, 3.63) is 22.3 Å². The lowest BCUT2D eigenvalue weighted by atomic mass is 9.49. The van der Waals surface area contributed by atoms with Crippen LogP contribution in [-0.2, 0) is 4.79 Å². The molecule has 0 saturated heterocycles. The molecule has 1 heterocycles. The van der Waals surface area contributed by atoms with Crippen LogP contribution in [0.5, 0.6) is 0 Å². The molecule has 0 aliphatic heterocycles. The lowest BCUT2D eigenvalue weighted by molar-refractivity contribution is -0.130. The fourth-order valence-corrected chi connectivity index (χ4v) is 6.46. The van der Waals surface area contributed by atoms with Gasteiger partial charge in [0.2, 0.25) is 5.91 Å². The van der Waals surface area contributed by atoms with Crippen molar-refractivity contribution in [2.24, 2.45) is 23.2 Å². The zero-order chi connectivity index (χ0) is 17.4. The van der Waals surface area contributed by atoms with Gasteiger partial charge in [-0.3, -0.25) is 10.2 Å². The maximum Gasteiger partial charge on any atom is 0.238 e. The van der Waals surface area contributed by atoms with E-state index in [1.807, 2.05) is 12.3 Å². The third-order valence-electron chi connectivity index (χ3n) is 6.10. The van der Waals surface area contributed by atoms with Gasteiger partial charge in [0.15, 0.2) is 0 Å². The number of nitriles is 1. The minimum absolute atomic E-state index is 0.0332. The molecule has 4 saturated carbocycles. The Morgan fingerprint density at radius 2 is 2.00 bits per heavy atom. The average Bonchev–Trinajstić information content (AvgIpc) is 2.96. The van der Waals surface area contributed by atoms with E-state index >= 15 is 0 Å². The third kappa shape index (κ3) is 3.43. The molecule has 4 bridgehead atoms. The van der Waals surface area contributed by atoms with Crippen molar-refractivity contribution in [2.45, 2.75) is 51.9 Å². The Labute approximate surface area is 152 Å². The fourth-order valence-electron chi connectivity index (χ4n) is 5.70. The van der Waals surface area contributed by atoms with Gasteiger partial charge in [-0.05, 0) is 68.6 Å². The molecule has 4 aliphatic carbocycles. The van der Waals surface area contributed by atoms with Gasteiger partial charge >= 0.3 is 0 Å². The summed E-state index contributed by atoms with van der Waals surface area (Å²) < 4.78 is 0. The molecule has 0 aromatic carbocycles. The van der Waals surface area contributed by atoms with Gasteiger partial charge in [0.05, 0.1) is 0 Å². The summed E-state index contributed by atoms with van der Waals surface area (Å²) in [7, 11) is 0. The molecule has 0 spiro atoms. The molecule has 4 fully saturated rings. The largest absolute Gasteiger partial charge is 0.304 e. The van der Waals surface area contributed by atoms with Crippen LogP contribution in [0.1, 0.15) is 55.6 Å². The van der Waals surface area contributed by atoms with Crippen molar-refractivity contribution in [3.63, 3.8) is 0 Å². The highest BCUT2D eigenvalue weighted by atomic mass is 32.1. The number of amides is 1. The Morgan fingerprint density at radius 3 is 2.52 bits per heavy atom. The number of aryl methyl sites for hydroxylation is 1. The summed E-state index contributed by atoms with van der Waals surface area (Å²) >= 11 is 1.43. The number of aromatic nitrogens is 1. The number of hydrazine groups is 1. The second kappa shape index (κ2) is 6.45. The van der Waals surface area contributed by atoms with Gasteiger partial charge in [-0.15, -0.1) is 11.3 Å². The quantitative estimate of drug-likeness (QED) is 0.625. The van der Waals surface area contributed by atoms with Gasteiger partial charge in [0.1, 0.15) is 16.6 Å². The predicted octanol–water partition coefficient (Wildman–Crippen LogP) is 3.54. The number of nitrogens with one attached hydrogen (secondary N) is 2. The molecule has 5 nitrogen and oxygen atoms in total. The number of allylic oxidation sites excluding steroid dienone is 1. The molecule has 0 unspecified atom stereocenters. The van der Waals surface area contributed by atoms with Crippen molar-refractivity contribution < 1.29 is 4.79 Å². The third-order valence-corrected chi connectivity index (χ3v) is 7.09. The molecule has 6 heteroatoms. The Bertz CT molecular complexity index is 710. The Balaban J connectivity index is 1.34. The van der Waals surface area contributed by atoms with Crippen molar-refractivity contribution in [3.8, 4) is 6.07 Å². The molecule has 1 aromatic heterocycles. The summed E-state index contributed by atoms with van der Waals surface area (Å²) in [4.78, 5) is 16.7. The van der Waals surface area contributed by atoms with Gasteiger partial charge < -0.3 is 5.43 Å². The second-order valence-electron chi connectivity index (χ2n) is 8.25. The Morgan fingerprint density at radius 1 is 1.36 bits per heavy atom. The zero-order valence-corrected chi connectivity index (χ0v) is 15.4. The molecular formula is C19H24N4OS. The van der Waals surface area contributed by atoms with Gasteiger partial charge in [-0.2, -0.15) is 5.26 Å². The number of thiazole rings is 1. The fraction of sp³-hybridized carbons (Fsp3) is 0.632. The molecule has 0 radical (unpaired) electrons. The van der Waals surface area contributed by atoms with Crippen molar-refractivity contribution in [2.75, 3.05) is 0 Å². The average molecular weight is 356 g/mol. The normalized spacial score (nSPS) is 33.1. The topological polar surface area (TPSA) is 77.8 Å². The van der Waals surface area contributed by atoms with Crippen LogP contribution >= 0.6 is 11.3 Å². The summed E-state index contributed by atoms with van der Waals surface area (Å²) in [5.74, 6) is 2.59. The van der Waals surface area contributed by atoms with Gasteiger partial charge in [0, 0.05) is 23.7 Å². The molecule has 1 amide bonds. The number of carbonyl (C=O) groups is 1. The summed E-state index contributed by atoms with van der Waals surface area (Å²) in [5, 5.41) is 11.8. The highest BCUT2D eigenvalue weighted by molar-refractivity contribution is 7.10. The van der Waals surface area contributed by atoms with Crippen LogP contribution in [0.2, 0.25) is 0 Å². The summed E-state index contributed by atoms with van der Waals surface area (Å²) in [6, 6.07) is 2.13.